The molecule has 3 rings (SSSR count). The second-order valence-corrected chi connectivity index (χ2v) is 4.62. The highest BCUT2D eigenvalue weighted by molar-refractivity contribution is 7.71. The molecule has 0 aliphatic heterocycles. The average molecular weight is 231 g/mol. The standard InChI is InChI=1S/C12H13N3S/c16-12-14-13-8-15(12)11-6-5-9-3-1-2-4-10(9)7-11/h1-4,8,11H,5-7H2,(H,14,16). The van der Waals surface area contributed by atoms with Crippen LogP contribution in [0.15, 0.2) is 30.6 Å². The second kappa shape index (κ2) is 3.87. The normalized spacial score (nSPS) is 19.4. The van der Waals surface area contributed by atoms with Gasteiger partial charge in [0.25, 0.3) is 0 Å². The Bertz CT molecular complexity index is 555. The molecule has 1 unspecified atom stereocenters. The van der Waals surface area contributed by atoms with E-state index in [1.807, 2.05) is 0 Å². The lowest BCUT2D eigenvalue weighted by Gasteiger charge is -2.25. The fraction of sp³-hybridized carbons (Fsp3) is 0.333. The minimum atomic E-state index is 0.459. The van der Waals surface area contributed by atoms with Crippen molar-refractivity contribution in [2.75, 3.05) is 0 Å². The van der Waals surface area contributed by atoms with Crippen LogP contribution in [0.3, 0.4) is 0 Å². The molecule has 0 fully saturated rings. The molecule has 1 N–H and O–H groups in total. The van der Waals surface area contributed by atoms with E-state index in [9.17, 15) is 0 Å². The van der Waals surface area contributed by atoms with Gasteiger partial charge in [0.1, 0.15) is 6.33 Å². The molecule has 1 aliphatic carbocycles. The molecule has 1 aromatic carbocycles. The SMILES string of the molecule is S=c1[nH]ncn1C1CCc2ccccc2C1. The summed E-state index contributed by atoms with van der Waals surface area (Å²) in [5.74, 6) is 0. The van der Waals surface area contributed by atoms with Gasteiger partial charge in [-0.05, 0) is 42.6 Å². The molecule has 82 valence electrons. The van der Waals surface area contributed by atoms with E-state index in [-0.39, 0.29) is 0 Å². The topological polar surface area (TPSA) is 33.6 Å². The van der Waals surface area contributed by atoms with Crippen LogP contribution in [0.5, 0.6) is 0 Å². The monoisotopic (exact) mass is 231 g/mol. The van der Waals surface area contributed by atoms with Gasteiger partial charge in [0, 0.05) is 6.04 Å². The third kappa shape index (κ3) is 1.59. The number of aromatic amines is 1. The molecule has 0 bridgehead atoms. The Morgan fingerprint density at radius 1 is 1.31 bits per heavy atom. The quantitative estimate of drug-likeness (QED) is 0.765. The molecule has 1 aliphatic rings. The van der Waals surface area contributed by atoms with E-state index < -0.39 is 0 Å². The van der Waals surface area contributed by atoms with E-state index in [1.54, 1.807) is 6.33 Å². The summed E-state index contributed by atoms with van der Waals surface area (Å²) in [6.45, 7) is 0. The van der Waals surface area contributed by atoms with Crippen molar-refractivity contribution in [1.29, 1.82) is 0 Å². The first-order valence-corrected chi connectivity index (χ1v) is 5.94. The van der Waals surface area contributed by atoms with Crippen LogP contribution in [0.1, 0.15) is 23.6 Å². The summed E-state index contributed by atoms with van der Waals surface area (Å²) in [6.07, 6.45) is 5.14. The fourth-order valence-electron chi connectivity index (χ4n) is 2.43. The molecule has 16 heavy (non-hydrogen) atoms. The molecule has 2 aromatic rings. The number of fused-ring (bicyclic) bond motifs is 1. The summed E-state index contributed by atoms with van der Waals surface area (Å²) in [5.41, 5.74) is 2.93. The molecular weight excluding hydrogens is 218 g/mol. The Morgan fingerprint density at radius 3 is 2.88 bits per heavy atom. The smallest absolute Gasteiger partial charge is 0.195 e. The molecule has 1 heterocycles. The van der Waals surface area contributed by atoms with Gasteiger partial charge >= 0.3 is 0 Å². The van der Waals surface area contributed by atoms with Gasteiger partial charge in [-0.1, -0.05) is 24.3 Å². The van der Waals surface area contributed by atoms with Gasteiger partial charge < -0.3 is 4.57 Å². The van der Waals surface area contributed by atoms with E-state index in [4.69, 9.17) is 12.2 Å². The minimum absolute atomic E-state index is 0.459. The van der Waals surface area contributed by atoms with Crippen LogP contribution in [0.2, 0.25) is 0 Å². The third-order valence-corrected chi connectivity index (χ3v) is 3.59. The van der Waals surface area contributed by atoms with Gasteiger partial charge in [0.15, 0.2) is 4.77 Å². The van der Waals surface area contributed by atoms with Gasteiger partial charge in [-0.15, -0.1) is 0 Å². The van der Waals surface area contributed by atoms with Crippen LogP contribution in [0, 0.1) is 4.77 Å². The summed E-state index contributed by atoms with van der Waals surface area (Å²) in [5, 5.41) is 6.80. The van der Waals surface area contributed by atoms with Crippen molar-refractivity contribution in [3.63, 3.8) is 0 Å². The summed E-state index contributed by atoms with van der Waals surface area (Å²) in [7, 11) is 0. The Balaban J connectivity index is 1.94. The van der Waals surface area contributed by atoms with Crippen molar-refractivity contribution < 1.29 is 0 Å². The highest BCUT2D eigenvalue weighted by atomic mass is 32.1. The van der Waals surface area contributed by atoms with E-state index in [2.05, 4.69) is 39.0 Å². The summed E-state index contributed by atoms with van der Waals surface area (Å²) >= 11 is 5.21. The number of hydrogen-bond acceptors (Lipinski definition) is 2. The van der Waals surface area contributed by atoms with Gasteiger partial charge in [0.05, 0.1) is 0 Å². The van der Waals surface area contributed by atoms with Crippen LogP contribution in [-0.2, 0) is 12.8 Å². The predicted octanol–water partition coefficient (Wildman–Crippen LogP) is 2.67. The van der Waals surface area contributed by atoms with Crippen molar-refractivity contribution in [3.8, 4) is 0 Å². The van der Waals surface area contributed by atoms with Gasteiger partial charge in [-0.2, -0.15) is 5.10 Å². The molecule has 1 aromatic heterocycles. The van der Waals surface area contributed by atoms with Crippen molar-refractivity contribution in [2.24, 2.45) is 0 Å². The zero-order valence-corrected chi connectivity index (χ0v) is 9.70. The zero-order chi connectivity index (χ0) is 11.0. The van der Waals surface area contributed by atoms with Gasteiger partial charge in [-0.3, -0.25) is 5.10 Å². The number of nitrogens with zero attached hydrogens (tertiary/aromatic N) is 2. The number of rotatable bonds is 1. The maximum Gasteiger partial charge on any atom is 0.195 e. The molecule has 0 amide bonds. The number of benzene rings is 1. The van der Waals surface area contributed by atoms with Crippen LogP contribution < -0.4 is 0 Å². The van der Waals surface area contributed by atoms with Crippen LogP contribution >= 0.6 is 12.2 Å². The number of hydrogen-bond donors (Lipinski definition) is 1. The number of H-pyrrole nitrogens is 1. The number of aromatic nitrogens is 3. The first-order valence-electron chi connectivity index (χ1n) is 5.53. The number of nitrogens with one attached hydrogen (secondary N) is 1. The molecule has 0 saturated heterocycles. The Labute approximate surface area is 99.1 Å². The summed E-state index contributed by atoms with van der Waals surface area (Å²) in [4.78, 5) is 0. The molecule has 0 saturated carbocycles. The van der Waals surface area contributed by atoms with E-state index in [0.29, 0.717) is 6.04 Å². The Hall–Kier alpha value is -1.42. The molecule has 0 spiro atoms. The predicted molar refractivity (Wildman–Crippen MR) is 64.9 cm³/mol. The molecule has 1 atom stereocenters. The molecule has 3 nitrogen and oxygen atoms in total. The van der Waals surface area contributed by atoms with Crippen LogP contribution in [0.4, 0.5) is 0 Å². The Kier molecular flexibility index (Phi) is 2.36. The average Bonchev–Trinajstić information content (AvgIpc) is 2.75. The third-order valence-electron chi connectivity index (χ3n) is 3.29. The summed E-state index contributed by atoms with van der Waals surface area (Å²) < 4.78 is 2.80. The maximum atomic E-state index is 5.21. The van der Waals surface area contributed by atoms with Crippen molar-refractivity contribution >= 4 is 12.2 Å². The second-order valence-electron chi connectivity index (χ2n) is 4.23. The highest BCUT2D eigenvalue weighted by Gasteiger charge is 2.19. The lowest BCUT2D eigenvalue weighted by Crippen LogP contribution is -2.18. The van der Waals surface area contributed by atoms with E-state index in [0.717, 1.165) is 24.0 Å². The van der Waals surface area contributed by atoms with Crippen LogP contribution in [-0.4, -0.2) is 14.8 Å². The largest absolute Gasteiger partial charge is 0.303 e. The van der Waals surface area contributed by atoms with Gasteiger partial charge in [-0.25, -0.2) is 0 Å². The lowest BCUT2D eigenvalue weighted by atomic mass is 9.88. The maximum absolute atomic E-state index is 5.21. The summed E-state index contributed by atoms with van der Waals surface area (Å²) in [6, 6.07) is 9.12. The van der Waals surface area contributed by atoms with Gasteiger partial charge in [0.2, 0.25) is 0 Å². The van der Waals surface area contributed by atoms with Crippen molar-refractivity contribution in [2.45, 2.75) is 25.3 Å². The fourth-order valence-corrected chi connectivity index (χ4v) is 2.68. The van der Waals surface area contributed by atoms with Crippen molar-refractivity contribution in [1.82, 2.24) is 14.8 Å². The van der Waals surface area contributed by atoms with Crippen LogP contribution in [0.25, 0.3) is 0 Å². The minimum Gasteiger partial charge on any atom is -0.303 e. The van der Waals surface area contributed by atoms with E-state index >= 15 is 0 Å². The molecular formula is C12H13N3S. The lowest BCUT2D eigenvalue weighted by molar-refractivity contribution is 0.437. The number of aryl methyl sites for hydroxylation is 1. The first-order chi connectivity index (χ1) is 7.84. The molecule has 4 heteroatoms. The van der Waals surface area contributed by atoms with E-state index in [1.165, 1.54) is 11.1 Å². The highest BCUT2D eigenvalue weighted by Crippen LogP contribution is 2.28. The zero-order valence-electron chi connectivity index (χ0n) is 8.89. The molecule has 0 radical (unpaired) electrons. The first kappa shape index (κ1) is 9.78. The van der Waals surface area contributed by atoms with Crippen molar-refractivity contribution in [3.05, 3.63) is 46.5 Å². The Morgan fingerprint density at radius 2 is 2.12 bits per heavy atom.